The largest absolute Gasteiger partial charge is 0.492 e. The first kappa shape index (κ1) is 20.6. The van der Waals surface area contributed by atoms with E-state index in [1.807, 2.05) is 24.5 Å². The third kappa shape index (κ3) is 4.89. The Kier molecular flexibility index (Phi) is 6.16. The Morgan fingerprint density at radius 3 is 2.73 bits per heavy atom. The molecule has 30 heavy (non-hydrogen) atoms. The van der Waals surface area contributed by atoms with Crippen molar-refractivity contribution in [2.75, 3.05) is 13.2 Å². The lowest BCUT2D eigenvalue weighted by Crippen LogP contribution is -2.25. The number of nitrogens with zero attached hydrogens (tertiary/aromatic N) is 3. The normalized spacial score (nSPS) is 15.5. The number of halogens is 1. The summed E-state index contributed by atoms with van der Waals surface area (Å²) >= 11 is 0. The Morgan fingerprint density at radius 1 is 1.17 bits per heavy atom. The standard InChI is InChI=1S/C24H28FN3O2/c1-17(2)11-23(29)19-3-8-24-20(12-19)16-27(9-10-30-24)14-18-13-26-28(15-18)22-6-4-21(25)5-7-22/h3-8,12-13,15,17,23,29H,9-11,14,16H2,1-2H3. The van der Waals surface area contributed by atoms with Crippen LogP contribution in [-0.2, 0) is 13.1 Å². The van der Waals surface area contributed by atoms with E-state index in [4.69, 9.17) is 4.74 Å². The maximum absolute atomic E-state index is 13.2. The van der Waals surface area contributed by atoms with Crippen LogP contribution in [-0.4, -0.2) is 32.9 Å². The highest BCUT2D eigenvalue weighted by Gasteiger charge is 2.19. The molecule has 2 aromatic carbocycles. The zero-order chi connectivity index (χ0) is 21.1. The molecule has 1 atom stereocenters. The van der Waals surface area contributed by atoms with E-state index in [1.165, 1.54) is 12.1 Å². The summed E-state index contributed by atoms with van der Waals surface area (Å²) in [6.45, 7) is 7.14. The Hall–Kier alpha value is -2.70. The first-order valence-electron chi connectivity index (χ1n) is 10.4. The maximum atomic E-state index is 13.2. The molecule has 3 aromatic rings. The van der Waals surface area contributed by atoms with Gasteiger partial charge in [0.1, 0.15) is 18.2 Å². The van der Waals surface area contributed by atoms with E-state index >= 15 is 0 Å². The van der Waals surface area contributed by atoms with Crippen molar-refractivity contribution in [2.45, 2.75) is 39.5 Å². The molecule has 5 nitrogen and oxygen atoms in total. The molecule has 1 aliphatic rings. The van der Waals surface area contributed by atoms with Crippen LogP contribution in [0.5, 0.6) is 5.75 Å². The van der Waals surface area contributed by atoms with Crippen LogP contribution in [0, 0.1) is 11.7 Å². The second-order valence-corrected chi connectivity index (χ2v) is 8.34. The lowest BCUT2D eigenvalue weighted by atomic mass is 9.97. The number of fused-ring (bicyclic) bond motifs is 1. The van der Waals surface area contributed by atoms with Gasteiger partial charge >= 0.3 is 0 Å². The van der Waals surface area contributed by atoms with Crippen LogP contribution < -0.4 is 4.74 Å². The van der Waals surface area contributed by atoms with Gasteiger partial charge in [0.15, 0.2) is 0 Å². The number of rotatable bonds is 6. The number of benzene rings is 2. The summed E-state index contributed by atoms with van der Waals surface area (Å²) in [6.07, 6.45) is 4.11. The first-order valence-corrected chi connectivity index (χ1v) is 10.4. The quantitative estimate of drug-likeness (QED) is 0.652. The van der Waals surface area contributed by atoms with Crippen LogP contribution in [0.15, 0.2) is 54.9 Å². The second-order valence-electron chi connectivity index (χ2n) is 8.34. The van der Waals surface area contributed by atoms with Gasteiger partial charge in [0.2, 0.25) is 0 Å². The summed E-state index contributed by atoms with van der Waals surface area (Å²) in [4.78, 5) is 2.32. The van der Waals surface area contributed by atoms with Crippen LogP contribution >= 0.6 is 0 Å². The van der Waals surface area contributed by atoms with Crippen molar-refractivity contribution in [3.8, 4) is 11.4 Å². The van der Waals surface area contributed by atoms with E-state index in [0.29, 0.717) is 12.5 Å². The van der Waals surface area contributed by atoms with Gasteiger partial charge in [-0.25, -0.2) is 9.07 Å². The van der Waals surface area contributed by atoms with Crippen molar-refractivity contribution < 1.29 is 14.2 Å². The summed E-state index contributed by atoms with van der Waals surface area (Å²) in [5, 5.41) is 14.9. The number of hydrogen-bond donors (Lipinski definition) is 1. The van der Waals surface area contributed by atoms with Gasteiger partial charge in [0.25, 0.3) is 0 Å². The molecule has 6 heteroatoms. The minimum absolute atomic E-state index is 0.257. The van der Waals surface area contributed by atoms with Crippen LogP contribution in [0.2, 0.25) is 0 Å². The molecule has 0 saturated heterocycles. The Balaban J connectivity index is 1.47. The third-order valence-electron chi connectivity index (χ3n) is 5.36. The van der Waals surface area contributed by atoms with Crippen LogP contribution in [0.1, 0.15) is 43.1 Å². The third-order valence-corrected chi connectivity index (χ3v) is 5.36. The molecule has 0 aliphatic carbocycles. The molecule has 1 aromatic heterocycles. The fourth-order valence-corrected chi connectivity index (χ4v) is 3.83. The molecule has 0 radical (unpaired) electrons. The molecule has 1 aliphatic heterocycles. The molecular formula is C24H28FN3O2. The maximum Gasteiger partial charge on any atom is 0.123 e. The minimum Gasteiger partial charge on any atom is -0.492 e. The van der Waals surface area contributed by atoms with E-state index < -0.39 is 6.10 Å². The van der Waals surface area contributed by atoms with Gasteiger partial charge in [-0.3, -0.25) is 4.90 Å². The highest BCUT2D eigenvalue weighted by Crippen LogP contribution is 2.29. The van der Waals surface area contributed by atoms with Gasteiger partial charge in [0.05, 0.1) is 18.0 Å². The van der Waals surface area contributed by atoms with Gasteiger partial charge in [-0.15, -0.1) is 0 Å². The monoisotopic (exact) mass is 409 g/mol. The summed E-state index contributed by atoms with van der Waals surface area (Å²) in [5.74, 6) is 1.07. The van der Waals surface area contributed by atoms with E-state index in [0.717, 1.165) is 54.2 Å². The minimum atomic E-state index is -0.457. The first-order chi connectivity index (χ1) is 14.5. The fraction of sp³-hybridized carbons (Fsp3) is 0.375. The predicted molar refractivity (Wildman–Crippen MR) is 114 cm³/mol. The summed E-state index contributed by atoms with van der Waals surface area (Å²) in [5.41, 5.74) is 3.95. The molecule has 0 bridgehead atoms. The molecule has 0 spiro atoms. The molecule has 1 N–H and O–H groups in total. The van der Waals surface area contributed by atoms with Crippen LogP contribution in [0.4, 0.5) is 4.39 Å². The van der Waals surface area contributed by atoms with Crippen LogP contribution in [0.25, 0.3) is 5.69 Å². The lowest BCUT2D eigenvalue weighted by molar-refractivity contribution is 0.151. The number of aliphatic hydroxyl groups is 1. The lowest BCUT2D eigenvalue weighted by Gasteiger charge is -2.19. The number of ether oxygens (including phenoxy) is 1. The van der Waals surface area contributed by atoms with E-state index in [2.05, 4.69) is 29.9 Å². The van der Waals surface area contributed by atoms with Crippen molar-refractivity contribution in [3.63, 3.8) is 0 Å². The van der Waals surface area contributed by atoms with Crippen molar-refractivity contribution in [1.82, 2.24) is 14.7 Å². The molecule has 4 rings (SSSR count). The SMILES string of the molecule is CC(C)CC(O)c1ccc2c(c1)CN(Cc1cnn(-c3ccc(F)cc3)c1)CCO2. The van der Waals surface area contributed by atoms with Crippen molar-refractivity contribution >= 4 is 0 Å². The number of aliphatic hydroxyl groups excluding tert-OH is 1. The zero-order valence-corrected chi connectivity index (χ0v) is 17.5. The fourth-order valence-electron chi connectivity index (χ4n) is 3.83. The second kappa shape index (κ2) is 8.98. The van der Waals surface area contributed by atoms with Crippen molar-refractivity contribution in [3.05, 3.63) is 77.4 Å². The Morgan fingerprint density at radius 2 is 1.97 bits per heavy atom. The molecular weight excluding hydrogens is 381 g/mol. The molecule has 2 heterocycles. The van der Waals surface area contributed by atoms with E-state index in [9.17, 15) is 9.50 Å². The zero-order valence-electron chi connectivity index (χ0n) is 17.5. The molecule has 0 saturated carbocycles. The van der Waals surface area contributed by atoms with Gasteiger partial charge in [-0.2, -0.15) is 5.10 Å². The molecule has 0 fully saturated rings. The molecule has 0 amide bonds. The average molecular weight is 410 g/mol. The number of hydrogen-bond acceptors (Lipinski definition) is 4. The topological polar surface area (TPSA) is 50.5 Å². The summed E-state index contributed by atoms with van der Waals surface area (Å²) in [7, 11) is 0. The average Bonchev–Trinajstić information content (AvgIpc) is 3.07. The molecule has 158 valence electrons. The van der Waals surface area contributed by atoms with Gasteiger partial charge in [-0.1, -0.05) is 19.9 Å². The van der Waals surface area contributed by atoms with Gasteiger partial charge in [-0.05, 0) is 54.3 Å². The van der Waals surface area contributed by atoms with E-state index in [-0.39, 0.29) is 5.82 Å². The smallest absolute Gasteiger partial charge is 0.123 e. The van der Waals surface area contributed by atoms with E-state index in [1.54, 1.807) is 16.8 Å². The Bertz CT molecular complexity index is 984. The summed E-state index contributed by atoms with van der Waals surface area (Å²) in [6, 6.07) is 12.3. The van der Waals surface area contributed by atoms with Gasteiger partial charge < -0.3 is 9.84 Å². The highest BCUT2D eigenvalue weighted by molar-refractivity contribution is 5.39. The molecule has 1 unspecified atom stereocenters. The number of aromatic nitrogens is 2. The van der Waals surface area contributed by atoms with Crippen molar-refractivity contribution in [1.29, 1.82) is 0 Å². The van der Waals surface area contributed by atoms with Gasteiger partial charge in [0, 0.05) is 37.0 Å². The van der Waals surface area contributed by atoms with Crippen LogP contribution in [0.3, 0.4) is 0 Å². The highest BCUT2D eigenvalue weighted by atomic mass is 19.1. The summed E-state index contributed by atoms with van der Waals surface area (Å²) < 4.78 is 20.9. The predicted octanol–water partition coefficient (Wildman–Crippen LogP) is 4.49. The van der Waals surface area contributed by atoms with Crippen molar-refractivity contribution in [2.24, 2.45) is 5.92 Å². The Labute approximate surface area is 176 Å².